The summed E-state index contributed by atoms with van der Waals surface area (Å²) in [7, 11) is 0. The van der Waals surface area contributed by atoms with Crippen LogP contribution >= 0.6 is 27.5 Å². The van der Waals surface area contributed by atoms with Crippen LogP contribution in [0.4, 0.5) is 10.2 Å². The van der Waals surface area contributed by atoms with Gasteiger partial charge in [0.15, 0.2) is 5.65 Å². The van der Waals surface area contributed by atoms with Crippen molar-refractivity contribution in [2.45, 2.75) is 6.54 Å². The Balaban J connectivity index is 1.75. The number of aromatic nitrogens is 4. The van der Waals surface area contributed by atoms with Crippen molar-refractivity contribution in [1.82, 2.24) is 19.6 Å². The molecule has 0 aliphatic rings. The summed E-state index contributed by atoms with van der Waals surface area (Å²) in [6.07, 6.45) is 3.35. The molecule has 3 heterocycles. The van der Waals surface area contributed by atoms with E-state index in [-0.39, 0.29) is 5.82 Å². The molecule has 0 saturated carbocycles. The molecule has 0 saturated heterocycles. The van der Waals surface area contributed by atoms with Gasteiger partial charge in [0.05, 0.1) is 16.4 Å². The second-order valence-corrected chi connectivity index (χ2v) is 6.82. The molecule has 1 N–H and O–H groups in total. The molecule has 3 aromatic heterocycles. The summed E-state index contributed by atoms with van der Waals surface area (Å²) in [5.41, 5.74) is 2.51. The fraction of sp³-hybridized carbons (Fsp3) is 0.0556. The monoisotopic (exact) mass is 431 g/mol. The van der Waals surface area contributed by atoms with Crippen LogP contribution in [-0.4, -0.2) is 19.6 Å². The van der Waals surface area contributed by atoms with E-state index in [1.54, 1.807) is 47.2 Å². The topological polar surface area (TPSA) is 55.1 Å². The van der Waals surface area contributed by atoms with Gasteiger partial charge in [-0.15, -0.1) is 0 Å². The first-order valence-electron chi connectivity index (χ1n) is 7.75. The van der Waals surface area contributed by atoms with Crippen molar-refractivity contribution in [1.29, 1.82) is 0 Å². The van der Waals surface area contributed by atoms with E-state index < -0.39 is 0 Å². The third-order valence-corrected chi connectivity index (χ3v) is 4.62. The molecule has 0 fully saturated rings. The lowest BCUT2D eigenvalue weighted by Gasteiger charge is -2.11. The first kappa shape index (κ1) is 16.9. The first-order chi connectivity index (χ1) is 12.6. The molecule has 5 nitrogen and oxygen atoms in total. The van der Waals surface area contributed by atoms with E-state index in [2.05, 4.69) is 36.3 Å². The predicted octanol–water partition coefficient (Wildman–Crippen LogP) is 4.96. The first-order valence-corrected chi connectivity index (χ1v) is 8.92. The fourth-order valence-corrected chi connectivity index (χ4v) is 3.03. The Morgan fingerprint density at radius 2 is 2.00 bits per heavy atom. The summed E-state index contributed by atoms with van der Waals surface area (Å²) in [6, 6.07) is 11.9. The van der Waals surface area contributed by atoms with Crippen LogP contribution in [0.5, 0.6) is 0 Å². The Kier molecular flexibility index (Phi) is 4.57. The second-order valence-electron chi connectivity index (χ2n) is 5.58. The molecular weight excluding hydrogens is 421 g/mol. The SMILES string of the molecule is Fc1ccccc1-c1cc(NCc2ccc(Cl)nc2)n2ncc(Br)c2n1. The molecule has 0 atom stereocenters. The van der Waals surface area contributed by atoms with Crippen molar-refractivity contribution in [3.8, 4) is 11.3 Å². The van der Waals surface area contributed by atoms with Crippen LogP contribution in [0.2, 0.25) is 5.15 Å². The van der Waals surface area contributed by atoms with Gasteiger partial charge >= 0.3 is 0 Å². The van der Waals surface area contributed by atoms with Gasteiger partial charge in [-0.3, -0.25) is 0 Å². The van der Waals surface area contributed by atoms with E-state index in [0.717, 1.165) is 10.0 Å². The van der Waals surface area contributed by atoms with Crippen molar-refractivity contribution in [2.75, 3.05) is 5.32 Å². The maximum absolute atomic E-state index is 14.2. The molecule has 1 aromatic carbocycles. The van der Waals surface area contributed by atoms with Gasteiger partial charge in [0.1, 0.15) is 16.8 Å². The highest BCUT2D eigenvalue weighted by molar-refractivity contribution is 9.10. The van der Waals surface area contributed by atoms with E-state index >= 15 is 0 Å². The van der Waals surface area contributed by atoms with Gasteiger partial charge in [0.25, 0.3) is 0 Å². The number of pyridine rings is 1. The lowest BCUT2D eigenvalue weighted by atomic mass is 10.1. The quantitative estimate of drug-likeness (QED) is 0.463. The van der Waals surface area contributed by atoms with Gasteiger partial charge in [0.2, 0.25) is 0 Å². The minimum Gasteiger partial charge on any atom is -0.366 e. The number of rotatable bonds is 4. The smallest absolute Gasteiger partial charge is 0.172 e. The lowest BCUT2D eigenvalue weighted by Crippen LogP contribution is -2.07. The predicted molar refractivity (Wildman–Crippen MR) is 103 cm³/mol. The van der Waals surface area contributed by atoms with Crippen molar-refractivity contribution in [3.63, 3.8) is 0 Å². The molecule has 0 radical (unpaired) electrons. The Bertz CT molecular complexity index is 1080. The zero-order valence-corrected chi connectivity index (χ0v) is 15.7. The normalized spacial score (nSPS) is 11.0. The van der Waals surface area contributed by atoms with Crippen LogP contribution in [0, 0.1) is 5.82 Å². The molecule has 0 amide bonds. The highest BCUT2D eigenvalue weighted by Crippen LogP contribution is 2.27. The molecule has 0 aliphatic heterocycles. The van der Waals surface area contributed by atoms with Crippen molar-refractivity contribution in [2.24, 2.45) is 0 Å². The van der Waals surface area contributed by atoms with Gasteiger partial charge in [-0.25, -0.2) is 14.4 Å². The molecule has 0 bridgehead atoms. The number of benzene rings is 1. The summed E-state index contributed by atoms with van der Waals surface area (Å²) in [5, 5.41) is 8.06. The number of hydrogen-bond acceptors (Lipinski definition) is 4. The Morgan fingerprint density at radius 3 is 2.77 bits per heavy atom. The van der Waals surface area contributed by atoms with Gasteiger partial charge in [-0.05, 0) is 39.7 Å². The van der Waals surface area contributed by atoms with Crippen molar-refractivity contribution in [3.05, 3.63) is 75.9 Å². The minimum atomic E-state index is -0.326. The van der Waals surface area contributed by atoms with E-state index in [1.165, 1.54) is 6.07 Å². The van der Waals surface area contributed by atoms with E-state index in [9.17, 15) is 4.39 Å². The summed E-state index contributed by atoms with van der Waals surface area (Å²) in [4.78, 5) is 8.61. The molecule has 4 aromatic rings. The van der Waals surface area contributed by atoms with Crippen LogP contribution in [0.1, 0.15) is 5.56 Å². The highest BCUT2D eigenvalue weighted by Gasteiger charge is 2.13. The largest absolute Gasteiger partial charge is 0.366 e. The standard InChI is InChI=1S/C18H12BrClFN5/c19-13-10-24-26-17(23-9-11-5-6-16(20)22-8-11)7-15(25-18(13)26)12-3-1-2-4-14(12)21/h1-8,10,23H,9H2. The zero-order valence-electron chi connectivity index (χ0n) is 13.3. The van der Waals surface area contributed by atoms with Gasteiger partial charge in [-0.2, -0.15) is 9.61 Å². The summed E-state index contributed by atoms with van der Waals surface area (Å²) in [5.74, 6) is 0.363. The molecule has 4 rings (SSSR count). The van der Waals surface area contributed by atoms with Gasteiger partial charge in [-0.1, -0.05) is 29.8 Å². The Morgan fingerprint density at radius 1 is 1.15 bits per heavy atom. The van der Waals surface area contributed by atoms with Gasteiger partial charge < -0.3 is 5.32 Å². The highest BCUT2D eigenvalue weighted by atomic mass is 79.9. The number of anilines is 1. The van der Waals surface area contributed by atoms with Crippen LogP contribution in [0.15, 0.2) is 59.3 Å². The average Bonchev–Trinajstić information content (AvgIpc) is 3.02. The molecule has 0 spiro atoms. The van der Waals surface area contributed by atoms with Crippen LogP contribution < -0.4 is 5.32 Å². The van der Waals surface area contributed by atoms with E-state index in [4.69, 9.17) is 11.6 Å². The Labute approximate surface area is 162 Å². The molecule has 130 valence electrons. The summed E-state index contributed by atoms with van der Waals surface area (Å²) >= 11 is 9.26. The maximum Gasteiger partial charge on any atom is 0.172 e. The Hall–Kier alpha value is -2.51. The van der Waals surface area contributed by atoms with Crippen molar-refractivity contribution < 1.29 is 4.39 Å². The number of nitrogens with one attached hydrogen (secondary N) is 1. The van der Waals surface area contributed by atoms with Crippen LogP contribution in [0.3, 0.4) is 0 Å². The maximum atomic E-state index is 14.2. The van der Waals surface area contributed by atoms with Crippen LogP contribution in [0.25, 0.3) is 16.9 Å². The number of halogens is 3. The molecule has 8 heteroatoms. The fourth-order valence-electron chi connectivity index (χ4n) is 2.57. The van der Waals surface area contributed by atoms with E-state index in [0.29, 0.717) is 34.4 Å². The average molecular weight is 433 g/mol. The molecular formula is C18H12BrClFN5. The zero-order chi connectivity index (χ0) is 18.1. The lowest BCUT2D eigenvalue weighted by molar-refractivity contribution is 0.630. The van der Waals surface area contributed by atoms with E-state index in [1.807, 2.05) is 6.07 Å². The van der Waals surface area contributed by atoms with Crippen molar-refractivity contribution >= 4 is 39.0 Å². The second kappa shape index (κ2) is 7.01. The molecule has 26 heavy (non-hydrogen) atoms. The van der Waals surface area contributed by atoms with Crippen LogP contribution in [-0.2, 0) is 6.54 Å². The number of nitrogens with zero attached hydrogens (tertiary/aromatic N) is 4. The third-order valence-electron chi connectivity index (χ3n) is 3.84. The number of fused-ring (bicyclic) bond motifs is 1. The minimum absolute atomic E-state index is 0.326. The molecule has 0 aliphatic carbocycles. The number of hydrogen-bond donors (Lipinski definition) is 1. The van der Waals surface area contributed by atoms with Gasteiger partial charge in [0, 0.05) is 24.4 Å². The summed E-state index contributed by atoms with van der Waals surface area (Å²) in [6.45, 7) is 0.511. The molecule has 0 unspecified atom stereocenters. The summed E-state index contributed by atoms with van der Waals surface area (Å²) < 4.78 is 16.6. The third kappa shape index (κ3) is 3.27.